The Labute approximate surface area is 122 Å². The number of hydrogen-bond donors (Lipinski definition) is 1. The number of esters is 1. The van der Waals surface area contributed by atoms with E-state index in [4.69, 9.17) is 9.47 Å². The zero-order valence-corrected chi connectivity index (χ0v) is 13.3. The largest absolute Gasteiger partial charge is 0.497 e. The van der Waals surface area contributed by atoms with E-state index in [1.807, 2.05) is 25.1 Å². The second-order valence-electron chi connectivity index (χ2n) is 4.32. The molecule has 0 aromatic heterocycles. The highest BCUT2D eigenvalue weighted by molar-refractivity contribution is 9.10. The molecule has 0 saturated heterocycles. The zero-order valence-electron chi connectivity index (χ0n) is 11.7. The smallest absolute Gasteiger partial charge is 0.327 e. The van der Waals surface area contributed by atoms with Crippen LogP contribution in [0.3, 0.4) is 0 Å². The summed E-state index contributed by atoms with van der Waals surface area (Å²) in [6.07, 6.45) is 0.926. The average Bonchev–Trinajstić information content (AvgIpc) is 2.44. The first-order valence-corrected chi connectivity index (χ1v) is 7.00. The summed E-state index contributed by atoms with van der Waals surface area (Å²) < 4.78 is 10.9. The molecule has 0 aliphatic rings. The molecule has 0 fully saturated rings. The number of rotatable bonds is 6. The number of benzene rings is 1. The first-order valence-electron chi connectivity index (χ1n) is 6.20. The number of carbonyl (C=O) groups is 1. The lowest BCUT2D eigenvalue weighted by atomic mass is 10.0. The fraction of sp³-hybridized carbons (Fsp3) is 0.500. The predicted octanol–water partition coefficient (Wildman–Crippen LogP) is 3.06. The van der Waals surface area contributed by atoms with Gasteiger partial charge in [-0.25, -0.2) is 4.79 Å². The van der Waals surface area contributed by atoms with Crippen molar-refractivity contribution in [3.05, 3.63) is 28.2 Å². The Balaban J connectivity index is 3.12. The van der Waals surface area contributed by atoms with Gasteiger partial charge in [-0.1, -0.05) is 22.9 Å². The van der Waals surface area contributed by atoms with E-state index < -0.39 is 6.04 Å². The Morgan fingerprint density at radius 3 is 2.63 bits per heavy atom. The maximum atomic E-state index is 12.0. The average molecular weight is 330 g/mol. The number of halogens is 1. The topological polar surface area (TPSA) is 47.6 Å². The molecule has 106 valence electrons. The third-order valence-corrected chi connectivity index (χ3v) is 3.74. The molecule has 0 spiro atoms. The normalized spacial score (nSPS) is 13.7. The number of ether oxygens (including phenoxy) is 2. The number of methoxy groups -OCH3 is 2. The highest BCUT2D eigenvalue weighted by Crippen LogP contribution is 2.29. The lowest BCUT2D eigenvalue weighted by molar-refractivity contribution is -0.143. The molecule has 0 aliphatic heterocycles. The molecule has 0 bridgehead atoms. The molecule has 0 radical (unpaired) electrons. The van der Waals surface area contributed by atoms with Crippen LogP contribution in [0.1, 0.15) is 31.9 Å². The summed E-state index contributed by atoms with van der Waals surface area (Å²) in [5, 5.41) is 3.27. The quantitative estimate of drug-likeness (QED) is 0.815. The van der Waals surface area contributed by atoms with Crippen LogP contribution in [0.2, 0.25) is 0 Å². The van der Waals surface area contributed by atoms with Gasteiger partial charge in [0.2, 0.25) is 0 Å². The van der Waals surface area contributed by atoms with Crippen molar-refractivity contribution in [1.82, 2.24) is 5.32 Å². The van der Waals surface area contributed by atoms with Crippen LogP contribution in [0.4, 0.5) is 0 Å². The molecule has 0 saturated carbocycles. The minimum atomic E-state index is -0.510. The highest BCUT2D eigenvalue weighted by Gasteiger charge is 2.25. The van der Waals surface area contributed by atoms with E-state index in [1.54, 1.807) is 7.11 Å². The van der Waals surface area contributed by atoms with E-state index in [2.05, 4.69) is 28.2 Å². The Kier molecular flexibility index (Phi) is 6.31. The van der Waals surface area contributed by atoms with Gasteiger partial charge in [0.1, 0.15) is 11.8 Å². The van der Waals surface area contributed by atoms with Crippen molar-refractivity contribution in [2.24, 2.45) is 0 Å². The molecule has 0 heterocycles. The van der Waals surface area contributed by atoms with Crippen LogP contribution in [0, 0.1) is 0 Å². The standard InChI is InChI=1S/C14H20BrNO3/c1-5-9(2)16-13(14(17)19-4)11-8-10(18-3)6-7-12(11)15/h6-9,13,16H,5H2,1-4H3. The van der Waals surface area contributed by atoms with Gasteiger partial charge in [0.25, 0.3) is 0 Å². The van der Waals surface area contributed by atoms with Crippen LogP contribution in [-0.4, -0.2) is 26.2 Å². The van der Waals surface area contributed by atoms with Gasteiger partial charge in [-0.3, -0.25) is 5.32 Å². The van der Waals surface area contributed by atoms with Crippen LogP contribution in [0.25, 0.3) is 0 Å². The summed E-state index contributed by atoms with van der Waals surface area (Å²) in [5.74, 6) is 0.396. The van der Waals surface area contributed by atoms with E-state index in [-0.39, 0.29) is 12.0 Å². The Morgan fingerprint density at radius 1 is 1.42 bits per heavy atom. The minimum absolute atomic E-state index is 0.210. The molecule has 0 aliphatic carbocycles. The second-order valence-corrected chi connectivity index (χ2v) is 5.17. The van der Waals surface area contributed by atoms with Gasteiger partial charge in [0.05, 0.1) is 14.2 Å². The van der Waals surface area contributed by atoms with E-state index in [0.29, 0.717) is 5.75 Å². The summed E-state index contributed by atoms with van der Waals surface area (Å²) in [4.78, 5) is 12.0. The first-order chi connectivity index (χ1) is 9.03. The van der Waals surface area contributed by atoms with Crippen molar-refractivity contribution < 1.29 is 14.3 Å². The molecule has 1 rings (SSSR count). The van der Waals surface area contributed by atoms with Gasteiger partial charge in [-0.15, -0.1) is 0 Å². The Morgan fingerprint density at radius 2 is 2.11 bits per heavy atom. The van der Waals surface area contributed by atoms with E-state index in [9.17, 15) is 4.79 Å². The Hall–Kier alpha value is -1.07. The lowest BCUT2D eigenvalue weighted by Gasteiger charge is -2.22. The molecule has 2 unspecified atom stereocenters. The van der Waals surface area contributed by atoms with Crippen molar-refractivity contribution in [2.75, 3.05) is 14.2 Å². The molecular weight excluding hydrogens is 310 g/mol. The maximum absolute atomic E-state index is 12.0. The lowest BCUT2D eigenvalue weighted by Crippen LogP contribution is -2.35. The van der Waals surface area contributed by atoms with E-state index >= 15 is 0 Å². The van der Waals surface area contributed by atoms with Crippen molar-refractivity contribution in [3.8, 4) is 5.75 Å². The minimum Gasteiger partial charge on any atom is -0.497 e. The fourth-order valence-electron chi connectivity index (χ4n) is 1.68. The fourth-order valence-corrected chi connectivity index (χ4v) is 2.15. The zero-order chi connectivity index (χ0) is 14.4. The summed E-state index contributed by atoms with van der Waals surface area (Å²) >= 11 is 3.47. The predicted molar refractivity (Wildman–Crippen MR) is 78.3 cm³/mol. The van der Waals surface area contributed by atoms with Gasteiger partial charge in [0, 0.05) is 10.5 Å². The second kappa shape index (κ2) is 7.50. The molecule has 5 heteroatoms. The van der Waals surface area contributed by atoms with Crippen molar-refractivity contribution in [2.45, 2.75) is 32.4 Å². The molecule has 2 atom stereocenters. The summed E-state index contributed by atoms with van der Waals surface area (Å²) in [5.41, 5.74) is 0.812. The van der Waals surface area contributed by atoms with Gasteiger partial charge in [-0.05, 0) is 37.1 Å². The third kappa shape index (κ3) is 4.21. The maximum Gasteiger partial charge on any atom is 0.327 e. The summed E-state index contributed by atoms with van der Waals surface area (Å²) in [7, 11) is 2.99. The number of nitrogens with one attached hydrogen (secondary N) is 1. The van der Waals surface area contributed by atoms with Crippen LogP contribution >= 0.6 is 15.9 Å². The molecule has 1 N–H and O–H groups in total. The number of hydrogen-bond acceptors (Lipinski definition) is 4. The molecule has 19 heavy (non-hydrogen) atoms. The number of carbonyl (C=O) groups excluding carboxylic acids is 1. The molecule has 1 aromatic carbocycles. The van der Waals surface area contributed by atoms with Crippen molar-refractivity contribution >= 4 is 21.9 Å². The summed E-state index contributed by atoms with van der Waals surface area (Å²) in [6.45, 7) is 4.09. The van der Waals surface area contributed by atoms with Gasteiger partial charge < -0.3 is 9.47 Å². The van der Waals surface area contributed by atoms with Crippen molar-refractivity contribution in [3.63, 3.8) is 0 Å². The molecule has 4 nitrogen and oxygen atoms in total. The van der Waals surface area contributed by atoms with Gasteiger partial charge in [0.15, 0.2) is 0 Å². The molecular formula is C14H20BrNO3. The van der Waals surface area contributed by atoms with Crippen LogP contribution in [0.15, 0.2) is 22.7 Å². The Bertz CT molecular complexity index is 437. The van der Waals surface area contributed by atoms with Gasteiger partial charge in [-0.2, -0.15) is 0 Å². The van der Waals surface area contributed by atoms with E-state index in [0.717, 1.165) is 16.5 Å². The van der Waals surface area contributed by atoms with Crippen LogP contribution < -0.4 is 10.1 Å². The van der Waals surface area contributed by atoms with Crippen molar-refractivity contribution in [1.29, 1.82) is 0 Å². The molecule has 1 aromatic rings. The first kappa shape index (κ1) is 16.0. The van der Waals surface area contributed by atoms with E-state index in [1.165, 1.54) is 7.11 Å². The molecule has 0 amide bonds. The van der Waals surface area contributed by atoms with Crippen LogP contribution in [-0.2, 0) is 9.53 Å². The monoisotopic (exact) mass is 329 g/mol. The summed E-state index contributed by atoms with van der Waals surface area (Å²) in [6, 6.07) is 5.24. The highest BCUT2D eigenvalue weighted by atomic mass is 79.9. The third-order valence-electron chi connectivity index (χ3n) is 3.01. The SMILES string of the molecule is CCC(C)NC(C(=O)OC)c1cc(OC)ccc1Br. The van der Waals surface area contributed by atoms with Gasteiger partial charge >= 0.3 is 5.97 Å². The van der Waals surface area contributed by atoms with Crippen LogP contribution in [0.5, 0.6) is 5.75 Å².